The van der Waals surface area contributed by atoms with Gasteiger partial charge in [0, 0.05) is 49.0 Å². The number of nitro groups is 1. The van der Waals surface area contributed by atoms with Gasteiger partial charge in [0.15, 0.2) is 0 Å². The van der Waals surface area contributed by atoms with E-state index in [-0.39, 0.29) is 10.6 Å². The van der Waals surface area contributed by atoms with Crippen molar-refractivity contribution in [2.45, 2.75) is 13.0 Å². The van der Waals surface area contributed by atoms with Gasteiger partial charge in [-0.15, -0.1) is 0 Å². The standard InChI is InChI=1S/C19H23ClN4O3/c1-14-13-23(10-8-21-14)16-4-7-19(24(25)26)18(12-16)22-9-11-27-17-5-2-15(20)3-6-17/h2-7,12,14,21-22H,8-11,13H2,1H3/t14-/m0/s1. The van der Waals surface area contributed by atoms with Crippen LogP contribution in [0.3, 0.4) is 0 Å². The molecule has 2 aromatic carbocycles. The number of halogens is 1. The fourth-order valence-corrected chi connectivity index (χ4v) is 3.20. The molecule has 144 valence electrons. The first-order valence-electron chi connectivity index (χ1n) is 8.92. The molecule has 1 aliphatic heterocycles. The summed E-state index contributed by atoms with van der Waals surface area (Å²) in [4.78, 5) is 13.2. The van der Waals surface area contributed by atoms with E-state index in [0.717, 1.165) is 25.3 Å². The number of ether oxygens (including phenoxy) is 1. The van der Waals surface area contributed by atoms with Crippen LogP contribution in [0.1, 0.15) is 6.92 Å². The maximum Gasteiger partial charge on any atom is 0.292 e. The SMILES string of the molecule is C[C@H]1CN(c2ccc([N+](=O)[O-])c(NCCOc3ccc(Cl)cc3)c2)CCN1. The number of rotatable bonds is 7. The van der Waals surface area contributed by atoms with Gasteiger partial charge >= 0.3 is 0 Å². The van der Waals surface area contributed by atoms with E-state index >= 15 is 0 Å². The van der Waals surface area contributed by atoms with Crippen molar-refractivity contribution in [3.05, 3.63) is 57.6 Å². The third-order valence-electron chi connectivity index (χ3n) is 4.41. The van der Waals surface area contributed by atoms with Crippen LogP contribution in [0.2, 0.25) is 5.02 Å². The maximum absolute atomic E-state index is 11.3. The van der Waals surface area contributed by atoms with Gasteiger partial charge in [-0.1, -0.05) is 11.6 Å². The Kier molecular flexibility index (Phi) is 6.36. The van der Waals surface area contributed by atoms with Crippen LogP contribution in [-0.2, 0) is 0 Å². The highest BCUT2D eigenvalue weighted by atomic mass is 35.5. The number of hydrogen-bond acceptors (Lipinski definition) is 6. The zero-order chi connectivity index (χ0) is 19.2. The third-order valence-corrected chi connectivity index (χ3v) is 4.66. The lowest BCUT2D eigenvalue weighted by molar-refractivity contribution is -0.383. The Morgan fingerprint density at radius 3 is 2.81 bits per heavy atom. The lowest BCUT2D eigenvalue weighted by Crippen LogP contribution is -2.49. The lowest BCUT2D eigenvalue weighted by atomic mass is 10.1. The van der Waals surface area contributed by atoms with E-state index in [1.165, 1.54) is 0 Å². The molecule has 0 radical (unpaired) electrons. The molecule has 2 N–H and O–H groups in total. The normalized spacial score (nSPS) is 16.8. The zero-order valence-electron chi connectivity index (χ0n) is 15.2. The first-order chi connectivity index (χ1) is 13.0. The summed E-state index contributed by atoms with van der Waals surface area (Å²) in [5, 5.41) is 18.5. The number of piperazine rings is 1. The smallest absolute Gasteiger partial charge is 0.292 e. The third kappa shape index (κ3) is 5.24. The van der Waals surface area contributed by atoms with Crippen LogP contribution in [0.15, 0.2) is 42.5 Å². The molecule has 0 aromatic heterocycles. The average Bonchev–Trinajstić information content (AvgIpc) is 2.66. The topological polar surface area (TPSA) is 79.7 Å². The first-order valence-corrected chi connectivity index (χ1v) is 9.30. The monoisotopic (exact) mass is 390 g/mol. The quantitative estimate of drug-likeness (QED) is 0.427. The summed E-state index contributed by atoms with van der Waals surface area (Å²) in [6, 6.07) is 12.7. The van der Waals surface area contributed by atoms with Crippen molar-refractivity contribution in [3.63, 3.8) is 0 Å². The van der Waals surface area contributed by atoms with E-state index in [4.69, 9.17) is 16.3 Å². The molecule has 0 amide bonds. The fraction of sp³-hybridized carbons (Fsp3) is 0.368. The van der Waals surface area contributed by atoms with Gasteiger partial charge in [-0.05, 0) is 43.3 Å². The van der Waals surface area contributed by atoms with E-state index in [1.807, 2.05) is 12.1 Å². The second-order valence-corrected chi connectivity index (χ2v) is 6.93. The lowest BCUT2D eigenvalue weighted by Gasteiger charge is -2.33. The Hall–Kier alpha value is -2.51. The van der Waals surface area contributed by atoms with Crippen LogP contribution in [-0.4, -0.2) is 43.8 Å². The molecule has 1 atom stereocenters. The van der Waals surface area contributed by atoms with Gasteiger partial charge in [0.1, 0.15) is 18.0 Å². The first kappa shape index (κ1) is 19.3. The molecule has 1 heterocycles. The molecule has 1 aliphatic rings. The molecule has 1 saturated heterocycles. The highest BCUT2D eigenvalue weighted by molar-refractivity contribution is 6.30. The summed E-state index contributed by atoms with van der Waals surface area (Å²) in [6.45, 7) is 5.61. The van der Waals surface area contributed by atoms with Crippen molar-refractivity contribution in [1.82, 2.24) is 5.32 Å². The molecule has 8 heteroatoms. The molecular formula is C19H23ClN4O3. The van der Waals surface area contributed by atoms with Gasteiger partial charge in [-0.2, -0.15) is 0 Å². The molecule has 0 saturated carbocycles. The largest absolute Gasteiger partial charge is 0.492 e. The highest BCUT2D eigenvalue weighted by Gasteiger charge is 2.20. The predicted molar refractivity (Wildman–Crippen MR) is 108 cm³/mol. The van der Waals surface area contributed by atoms with Crippen molar-refractivity contribution >= 4 is 28.7 Å². The van der Waals surface area contributed by atoms with Gasteiger partial charge in [-0.3, -0.25) is 10.1 Å². The Labute approximate surface area is 163 Å². The van der Waals surface area contributed by atoms with E-state index in [1.54, 1.807) is 30.3 Å². The Bertz CT molecular complexity index is 785. The number of hydrogen-bond donors (Lipinski definition) is 2. The van der Waals surface area contributed by atoms with Crippen molar-refractivity contribution < 1.29 is 9.66 Å². The summed E-state index contributed by atoms with van der Waals surface area (Å²) in [5.41, 5.74) is 1.55. The minimum atomic E-state index is -0.369. The van der Waals surface area contributed by atoms with Crippen molar-refractivity contribution in [2.24, 2.45) is 0 Å². The number of nitrogens with one attached hydrogen (secondary N) is 2. The van der Waals surface area contributed by atoms with Crippen LogP contribution >= 0.6 is 11.6 Å². The van der Waals surface area contributed by atoms with Crippen LogP contribution in [0.5, 0.6) is 5.75 Å². The minimum absolute atomic E-state index is 0.0634. The summed E-state index contributed by atoms with van der Waals surface area (Å²) in [7, 11) is 0. The minimum Gasteiger partial charge on any atom is -0.492 e. The summed E-state index contributed by atoms with van der Waals surface area (Å²) in [6.07, 6.45) is 0. The molecule has 1 fully saturated rings. The molecule has 7 nitrogen and oxygen atoms in total. The second kappa shape index (κ2) is 8.92. The zero-order valence-corrected chi connectivity index (χ0v) is 15.9. The van der Waals surface area contributed by atoms with Gasteiger partial charge in [0.2, 0.25) is 0 Å². The Morgan fingerprint density at radius 2 is 2.11 bits per heavy atom. The Morgan fingerprint density at radius 1 is 1.33 bits per heavy atom. The van der Waals surface area contributed by atoms with Crippen molar-refractivity contribution in [1.29, 1.82) is 0 Å². The van der Waals surface area contributed by atoms with E-state index in [0.29, 0.717) is 35.7 Å². The van der Waals surface area contributed by atoms with E-state index < -0.39 is 0 Å². The van der Waals surface area contributed by atoms with Crippen LogP contribution in [0, 0.1) is 10.1 Å². The van der Waals surface area contributed by atoms with E-state index in [9.17, 15) is 10.1 Å². The molecule has 2 aromatic rings. The van der Waals surface area contributed by atoms with Gasteiger partial charge in [0.05, 0.1) is 4.92 Å². The van der Waals surface area contributed by atoms with Gasteiger partial charge < -0.3 is 20.3 Å². The molecule has 0 unspecified atom stereocenters. The second-order valence-electron chi connectivity index (χ2n) is 6.49. The van der Waals surface area contributed by atoms with Crippen LogP contribution in [0.4, 0.5) is 17.1 Å². The number of nitro benzene ring substituents is 1. The van der Waals surface area contributed by atoms with Crippen molar-refractivity contribution in [2.75, 3.05) is 43.0 Å². The molecule has 0 bridgehead atoms. The molecule has 27 heavy (non-hydrogen) atoms. The van der Waals surface area contributed by atoms with Gasteiger partial charge in [-0.25, -0.2) is 0 Å². The van der Waals surface area contributed by atoms with Crippen LogP contribution < -0.4 is 20.3 Å². The molecule has 0 aliphatic carbocycles. The summed E-state index contributed by atoms with van der Waals surface area (Å²) < 4.78 is 5.63. The average molecular weight is 391 g/mol. The van der Waals surface area contributed by atoms with Gasteiger partial charge in [0.25, 0.3) is 5.69 Å². The molecular weight excluding hydrogens is 368 g/mol. The van der Waals surface area contributed by atoms with E-state index in [2.05, 4.69) is 22.5 Å². The fourth-order valence-electron chi connectivity index (χ4n) is 3.07. The molecule has 3 rings (SSSR count). The van der Waals surface area contributed by atoms with Crippen molar-refractivity contribution in [3.8, 4) is 5.75 Å². The highest BCUT2D eigenvalue weighted by Crippen LogP contribution is 2.30. The summed E-state index contributed by atoms with van der Waals surface area (Å²) in [5.74, 6) is 0.708. The van der Waals surface area contributed by atoms with Crippen LogP contribution in [0.25, 0.3) is 0 Å². The molecule has 0 spiro atoms. The predicted octanol–water partition coefficient (Wildman–Crippen LogP) is 3.54. The maximum atomic E-state index is 11.3. The number of anilines is 2. The Balaban J connectivity index is 1.64. The summed E-state index contributed by atoms with van der Waals surface area (Å²) >= 11 is 5.85. The number of nitrogens with zero attached hydrogens (tertiary/aromatic N) is 2. The number of benzene rings is 2.